The van der Waals surface area contributed by atoms with Crippen molar-refractivity contribution < 1.29 is 9.53 Å². The largest absolute Gasteiger partial charge is 0.457 e. The molecule has 3 heterocycles. The SMILES string of the molecule is CC1CN2CCN1CC2C(=O)OC(C)(C)CN. The zero-order valence-electron chi connectivity index (χ0n) is 11.0. The van der Waals surface area contributed by atoms with Gasteiger partial charge in [-0.05, 0) is 20.8 Å². The van der Waals surface area contributed by atoms with Gasteiger partial charge in [0.05, 0.1) is 0 Å². The lowest BCUT2D eigenvalue weighted by Gasteiger charge is -2.50. The van der Waals surface area contributed by atoms with Crippen LogP contribution < -0.4 is 5.73 Å². The van der Waals surface area contributed by atoms with Crippen molar-refractivity contribution in [2.24, 2.45) is 5.73 Å². The van der Waals surface area contributed by atoms with Gasteiger partial charge in [-0.2, -0.15) is 0 Å². The second kappa shape index (κ2) is 4.55. The molecule has 5 nitrogen and oxygen atoms in total. The highest BCUT2D eigenvalue weighted by molar-refractivity contribution is 5.77. The number of fused-ring (bicyclic) bond motifs is 3. The van der Waals surface area contributed by atoms with Gasteiger partial charge in [0.15, 0.2) is 0 Å². The lowest BCUT2D eigenvalue weighted by Crippen LogP contribution is -2.67. The zero-order valence-corrected chi connectivity index (χ0v) is 11.0. The monoisotopic (exact) mass is 241 g/mol. The van der Waals surface area contributed by atoms with E-state index in [0.29, 0.717) is 12.6 Å². The summed E-state index contributed by atoms with van der Waals surface area (Å²) in [6, 6.07) is 0.445. The summed E-state index contributed by atoms with van der Waals surface area (Å²) >= 11 is 0. The molecule has 4 unspecified atom stereocenters. The van der Waals surface area contributed by atoms with Crippen molar-refractivity contribution in [3.8, 4) is 0 Å². The number of hydrogen-bond donors (Lipinski definition) is 1. The third-order valence-corrected chi connectivity index (χ3v) is 3.79. The third-order valence-electron chi connectivity index (χ3n) is 3.79. The van der Waals surface area contributed by atoms with Crippen LogP contribution in [0.4, 0.5) is 0 Å². The normalized spacial score (nSPS) is 36.9. The van der Waals surface area contributed by atoms with Crippen molar-refractivity contribution in [2.45, 2.75) is 38.5 Å². The molecule has 0 aromatic heterocycles. The highest BCUT2D eigenvalue weighted by Gasteiger charge is 2.41. The summed E-state index contributed by atoms with van der Waals surface area (Å²) in [5, 5.41) is 0. The maximum Gasteiger partial charge on any atom is 0.325 e. The number of nitrogens with zero attached hydrogens (tertiary/aromatic N) is 2. The summed E-state index contributed by atoms with van der Waals surface area (Å²) in [7, 11) is 0. The maximum atomic E-state index is 12.1. The van der Waals surface area contributed by atoms with Crippen molar-refractivity contribution in [1.29, 1.82) is 0 Å². The topological polar surface area (TPSA) is 58.8 Å². The average Bonchev–Trinajstić information content (AvgIpc) is 2.29. The lowest BCUT2D eigenvalue weighted by molar-refractivity contribution is -0.169. The van der Waals surface area contributed by atoms with Crippen LogP contribution in [-0.4, -0.2) is 66.2 Å². The van der Waals surface area contributed by atoms with Crippen LogP contribution in [-0.2, 0) is 9.53 Å². The minimum atomic E-state index is -0.560. The van der Waals surface area contributed by atoms with E-state index in [-0.39, 0.29) is 12.0 Å². The molecule has 5 heteroatoms. The highest BCUT2D eigenvalue weighted by atomic mass is 16.6. The van der Waals surface area contributed by atoms with Gasteiger partial charge in [-0.3, -0.25) is 14.6 Å². The van der Waals surface area contributed by atoms with E-state index in [9.17, 15) is 4.79 Å². The minimum absolute atomic E-state index is 0.106. The van der Waals surface area contributed by atoms with Crippen molar-refractivity contribution in [3.05, 3.63) is 0 Å². The smallest absolute Gasteiger partial charge is 0.325 e. The number of carbonyl (C=O) groups excluding carboxylic acids is 1. The van der Waals surface area contributed by atoms with Gasteiger partial charge in [-0.1, -0.05) is 0 Å². The first-order valence-corrected chi connectivity index (χ1v) is 6.34. The Balaban J connectivity index is 1.98. The van der Waals surface area contributed by atoms with Crippen LogP contribution in [0.1, 0.15) is 20.8 Å². The van der Waals surface area contributed by atoms with Crippen LogP contribution in [0.3, 0.4) is 0 Å². The molecular weight excluding hydrogens is 218 g/mol. The third kappa shape index (κ3) is 2.61. The predicted octanol–water partition coefficient (Wildman–Crippen LogP) is -0.345. The maximum absolute atomic E-state index is 12.1. The molecule has 2 N–H and O–H groups in total. The molecule has 17 heavy (non-hydrogen) atoms. The predicted molar refractivity (Wildman–Crippen MR) is 65.6 cm³/mol. The molecule has 0 aromatic carbocycles. The van der Waals surface area contributed by atoms with E-state index in [1.807, 2.05) is 13.8 Å². The lowest BCUT2D eigenvalue weighted by atomic mass is 10.0. The molecule has 3 aliphatic rings. The van der Waals surface area contributed by atoms with E-state index >= 15 is 0 Å². The average molecular weight is 241 g/mol. The van der Waals surface area contributed by atoms with E-state index in [2.05, 4.69) is 16.7 Å². The number of nitrogens with two attached hydrogens (primary N) is 1. The molecule has 0 spiro atoms. The van der Waals surface area contributed by atoms with E-state index < -0.39 is 5.60 Å². The van der Waals surface area contributed by atoms with Crippen LogP contribution in [0.15, 0.2) is 0 Å². The molecule has 0 saturated carbocycles. The van der Waals surface area contributed by atoms with Gasteiger partial charge in [-0.15, -0.1) is 0 Å². The standard InChI is InChI=1S/C12H23N3O2/c1-9-6-15-5-4-14(9)7-10(15)11(16)17-12(2,3)8-13/h9-10H,4-8,13H2,1-3H3. The molecule has 0 radical (unpaired) electrons. The van der Waals surface area contributed by atoms with Crippen molar-refractivity contribution >= 4 is 5.97 Å². The number of esters is 1. The first-order chi connectivity index (χ1) is 7.93. The van der Waals surface area contributed by atoms with E-state index in [4.69, 9.17) is 10.5 Å². The highest BCUT2D eigenvalue weighted by Crippen LogP contribution is 2.22. The van der Waals surface area contributed by atoms with Crippen LogP contribution in [0.5, 0.6) is 0 Å². The fourth-order valence-electron chi connectivity index (χ4n) is 2.52. The van der Waals surface area contributed by atoms with Gasteiger partial charge in [0.1, 0.15) is 11.6 Å². The number of carbonyl (C=O) groups is 1. The van der Waals surface area contributed by atoms with Crippen LogP contribution in [0.2, 0.25) is 0 Å². The quantitative estimate of drug-likeness (QED) is 0.685. The Bertz CT molecular complexity index is 306. The van der Waals surface area contributed by atoms with Crippen molar-refractivity contribution in [1.82, 2.24) is 9.80 Å². The first kappa shape index (κ1) is 12.8. The van der Waals surface area contributed by atoms with Crippen LogP contribution in [0, 0.1) is 0 Å². The van der Waals surface area contributed by atoms with Crippen molar-refractivity contribution in [2.75, 3.05) is 32.7 Å². The molecule has 3 rings (SSSR count). The summed E-state index contributed by atoms with van der Waals surface area (Å²) in [5.41, 5.74) is 5.02. The van der Waals surface area contributed by atoms with E-state index in [0.717, 1.165) is 26.2 Å². The Hall–Kier alpha value is -0.650. The number of hydrogen-bond acceptors (Lipinski definition) is 5. The van der Waals surface area contributed by atoms with Gasteiger partial charge in [0, 0.05) is 38.8 Å². The molecule has 3 fully saturated rings. The molecular formula is C12H23N3O2. The van der Waals surface area contributed by atoms with Gasteiger partial charge < -0.3 is 10.5 Å². The fourth-order valence-corrected chi connectivity index (χ4v) is 2.52. The Morgan fingerprint density at radius 3 is 2.47 bits per heavy atom. The van der Waals surface area contributed by atoms with Crippen molar-refractivity contribution in [3.63, 3.8) is 0 Å². The zero-order chi connectivity index (χ0) is 12.6. The second-order valence-corrected chi connectivity index (χ2v) is 5.74. The molecule has 0 aliphatic carbocycles. The number of piperazine rings is 3. The molecule has 2 bridgehead atoms. The Labute approximate surface area is 103 Å². The molecule has 0 aromatic rings. The minimum Gasteiger partial charge on any atom is -0.457 e. The molecule has 3 aliphatic heterocycles. The first-order valence-electron chi connectivity index (χ1n) is 6.34. The van der Waals surface area contributed by atoms with E-state index in [1.54, 1.807) is 0 Å². The molecule has 98 valence electrons. The number of ether oxygens (including phenoxy) is 1. The summed E-state index contributed by atoms with van der Waals surface area (Å²) < 4.78 is 5.48. The summed E-state index contributed by atoms with van der Waals surface area (Å²) in [5.74, 6) is -0.128. The summed E-state index contributed by atoms with van der Waals surface area (Å²) in [4.78, 5) is 16.7. The summed E-state index contributed by atoms with van der Waals surface area (Å²) in [6.45, 7) is 10.0. The number of rotatable bonds is 3. The molecule has 0 amide bonds. The van der Waals surface area contributed by atoms with Gasteiger partial charge in [0.25, 0.3) is 0 Å². The van der Waals surface area contributed by atoms with Crippen LogP contribution in [0.25, 0.3) is 0 Å². The molecule has 3 saturated heterocycles. The van der Waals surface area contributed by atoms with Gasteiger partial charge in [0.2, 0.25) is 0 Å². The Morgan fingerprint density at radius 2 is 2.00 bits per heavy atom. The molecule has 4 atom stereocenters. The van der Waals surface area contributed by atoms with Crippen LogP contribution >= 0.6 is 0 Å². The summed E-state index contributed by atoms with van der Waals surface area (Å²) in [6.07, 6.45) is 0. The van der Waals surface area contributed by atoms with Gasteiger partial charge in [-0.25, -0.2) is 0 Å². The second-order valence-electron chi connectivity index (χ2n) is 5.74. The Morgan fingerprint density at radius 1 is 1.35 bits per heavy atom. The fraction of sp³-hybridized carbons (Fsp3) is 0.917. The Kier molecular flexibility index (Phi) is 3.43. The van der Waals surface area contributed by atoms with Gasteiger partial charge >= 0.3 is 5.97 Å². The van der Waals surface area contributed by atoms with E-state index in [1.165, 1.54) is 0 Å².